The lowest BCUT2D eigenvalue weighted by Crippen LogP contribution is -2.33. The van der Waals surface area contributed by atoms with Gasteiger partial charge in [0.05, 0.1) is 18.8 Å². The predicted molar refractivity (Wildman–Crippen MR) is 59.4 cm³/mol. The van der Waals surface area contributed by atoms with E-state index < -0.39 is 0 Å². The van der Waals surface area contributed by atoms with Crippen LogP contribution >= 0.6 is 0 Å². The molecule has 0 radical (unpaired) electrons. The molecule has 0 amide bonds. The Morgan fingerprint density at radius 1 is 1.21 bits per heavy atom. The molecule has 0 aromatic rings. The summed E-state index contributed by atoms with van der Waals surface area (Å²) in [7, 11) is 0. The van der Waals surface area contributed by atoms with Crippen molar-refractivity contribution in [2.24, 2.45) is 5.92 Å². The molecule has 0 fully saturated rings. The minimum Gasteiger partial charge on any atom is -0.389 e. The number of aliphatic hydroxyl groups excluding tert-OH is 1. The lowest BCUT2D eigenvalue weighted by molar-refractivity contribution is 0.00620. The molecule has 0 aromatic heterocycles. The van der Waals surface area contributed by atoms with Gasteiger partial charge in [-0.3, -0.25) is 0 Å². The Balaban J connectivity index is 3.30. The van der Waals surface area contributed by atoms with Gasteiger partial charge in [0.2, 0.25) is 0 Å². The second-order valence-corrected chi connectivity index (χ2v) is 4.21. The first-order valence-electron chi connectivity index (χ1n) is 5.56. The average molecular weight is 203 g/mol. The Kier molecular flexibility index (Phi) is 8.14. The van der Waals surface area contributed by atoms with E-state index >= 15 is 0 Å². The molecule has 0 aliphatic heterocycles. The molecular weight excluding hydrogens is 178 g/mol. The summed E-state index contributed by atoms with van der Waals surface area (Å²) in [6.45, 7) is 10.3. The van der Waals surface area contributed by atoms with Crippen LogP contribution in [0.25, 0.3) is 0 Å². The highest BCUT2D eigenvalue weighted by Gasteiger charge is 2.05. The highest BCUT2D eigenvalue weighted by atomic mass is 16.5. The van der Waals surface area contributed by atoms with E-state index in [-0.39, 0.29) is 12.2 Å². The molecule has 3 nitrogen and oxygen atoms in total. The van der Waals surface area contributed by atoms with Gasteiger partial charge in [-0.05, 0) is 26.3 Å². The molecule has 3 heteroatoms. The summed E-state index contributed by atoms with van der Waals surface area (Å²) >= 11 is 0. The van der Waals surface area contributed by atoms with E-state index in [0.29, 0.717) is 19.1 Å². The standard InChI is InChI=1S/C11H25NO2/c1-5-10(4)6-12-7-11(13)8-14-9(2)3/h9-13H,5-8H2,1-4H3. The minimum absolute atomic E-state index is 0.194. The molecule has 0 saturated carbocycles. The van der Waals surface area contributed by atoms with Crippen LogP contribution in [0.5, 0.6) is 0 Å². The molecule has 2 unspecified atom stereocenters. The summed E-state index contributed by atoms with van der Waals surface area (Å²) in [5, 5.41) is 12.7. The van der Waals surface area contributed by atoms with Crippen molar-refractivity contribution < 1.29 is 9.84 Å². The maximum atomic E-state index is 9.50. The summed E-state index contributed by atoms with van der Waals surface area (Å²) in [5.41, 5.74) is 0. The molecule has 0 aliphatic carbocycles. The van der Waals surface area contributed by atoms with Gasteiger partial charge in [-0.1, -0.05) is 20.3 Å². The van der Waals surface area contributed by atoms with E-state index in [0.717, 1.165) is 6.54 Å². The highest BCUT2D eigenvalue weighted by Crippen LogP contribution is 1.97. The van der Waals surface area contributed by atoms with Gasteiger partial charge in [0.15, 0.2) is 0 Å². The zero-order chi connectivity index (χ0) is 11.0. The van der Waals surface area contributed by atoms with E-state index in [1.54, 1.807) is 0 Å². The van der Waals surface area contributed by atoms with Crippen molar-refractivity contribution in [1.29, 1.82) is 0 Å². The summed E-state index contributed by atoms with van der Waals surface area (Å²) in [6, 6.07) is 0. The van der Waals surface area contributed by atoms with Gasteiger partial charge < -0.3 is 15.2 Å². The molecule has 2 atom stereocenters. The molecule has 0 heterocycles. The van der Waals surface area contributed by atoms with Crippen LogP contribution in [0.1, 0.15) is 34.1 Å². The lowest BCUT2D eigenvalue weighted by atomic mass is 10.1. The minimum atomic E-state index is -0.388. The highest BCUT2D eigenvalue weighted by molar-refractivity contribution is 4.61. The second-order valence-electron chi connectivity index (χ2n) is 4.21. The number of hydrogen-bond donors (Lipinski definition) is 2. The largest absolute Gasteiger partial charge is 0.389 e. The average Bonchev–Trinajstić information content (AvgIpc) is 2.14. The van der Waals surface area contributed by atoms with Crippen molar-refractivity contribution in [3.63, 3.8) is 0 Å². The summed E-state index contributed by atoms with van der Waals surface area (Å²) in [4.78, 5) is 0. The molecule has 2 N–H and O–H groups in total. The van der Waals surface area contributed by atoms with Crippen LogP contribution in [-0.2, 0) is 4.74 Å². The quantitative estimate of drug-likeness (QED) is 0.626. The normalized spacial score (nSPS) is 15.9. The molecule has 0 spiro atoms. The Bertz CT molecular complexity index is 128. The maximum absolute atomic E-state index is 9.50. The van der Waals surface area contributed by atoms with Crippen molar-refractivity contribution in [2.75, 3.05) is 19.7 Å². The van der Waals surface area contributed by atoms with Gasteiger partial charge in [0.1, 0.15) is 0 Å². The first kappa shape index (κ1) is 13.9. The van der Waals surface area contributed by atoms with Crippen LogP contribution in [0.15, 0.2) is 0 Å². The maximum Gasteiger partial charge on any atom is 0.0897 e. The van der Waals surface area contributed by atoms with Crippen LogP contribution in [0.2, 0.25) is 0 Å². The van der Waals surface area contributed by atoms with Crippen LogP contribution in [0.3, 0.4) is 0 Å². The number of hydrogen-bond acceptors (Lipinski definition) is 3. The van der Waals surface area contributed by atoms with Crippen molar-refractivity contribution in [1.82, 2.24) is 5.32 Å². The fourth-order valence-electron chi connectivity index (χ4n) is 1.00. The lowest BCUT2D eigenvalue weighted by Gasteiger charge is -2.15. The Hall–Kier alpha value is -0.120. The molecule has 0 saturated heterocycles. The number of rotatable bonds is 8. The van der Waals surface area contributed by atoms with Gasteiger partial charge in [-0.15, -0.1) is 0 Å². The third kappa shape index (κ3) is 8.48. The zero-order valence-electron chi connectivity index (χ0n) is 9.92. The number of nitrogens with one attached hydrogen (secondary N) is 1. The fourth-order valence-corrected chi connectivity index (χ4v) is 1.00. The van der Waals surface area contributed by atoms with Gasteiger partial charge in [-0.25, -0.2) is 0 Å². The van der Waals surface area contributed by atoms with E-state index in [2.05, 4.69) is 19.2 Å². The van der Waals surface area contributed by atoms with E-state index in [9.17, 15) is 5.11 Å². The van der Waals surface area contributed by atoms with Crippen LogP contribution in [0.4, 0.5) is 0 Å². The third-order valence-corrected chi connectivity index (χ3v) is 2.19. The van der Waals surface area contributed by atoms with E-state index in [4.69, 9.17) is 4.74 Å². The van der Waals surface area contributed by atoms with Gasteiger partial charge in [0, 0.05) is 6.54 Å². The molecule has 0 aliphatic rings. The van der Waals surface area contributed by atoms with Gasteiger partial charge in [0.25, 0.3) is 0 Å². The number of ether oxygens (including phenoxy) is 1. The Morgan fingerprint density at radius 2 is 1.86 bits per heavy atom. The molecular formula is C11H25NO2. The number of aliphatic hydroxyl groups is 1. The molecule has 0 rings (SSSR count). The van der Waals surface area contributed by atoms with Crippen molar-refractivity contribution in [3.8, 4) is 0 Å². The van der Waals surface area contributed by atoms with Crippen LogP contribution in [-0.4, -0.2) is 37.0 Å². The summed E-state index contributed by atoms with van der Waals surface area (Å²) in [6.07, 6.45) is 0.978. The van der Waals surface area contributed by atoms with Crippen molar-refractivity contribution in [3.05, 3.63) is 0 Å². The zero-order valence-corrected chi connectivity index (χ0v) is 9.92. The SMILES string of the molecule is CCC(C)CNCC(O)COC(C)C. The first-order valence-corrected chi connectivity index (χ1v) is 5.56. The monoisotopic (exact) mass is 203 g/mol. The second kappa shape index (κ2) is 8.21. The smallest absolute Gasteiger partial charge is 0.0897 e. The topological polar surface area (TPSA) is 41.5 Å². The first-order chi connectivity index (χ1) is 6.56. The summed E-state index contributed by atoms with van der Waals surface area (Å²) < 4.78 is 5.30. The van der Waals surface area contributed by atoms with E-state index in [1.165, 1.54) is 6.42 Å². The van der Waals surface area contributed by atoms with Crippen molar-refractivity contribution in [2.45, 2.75) is 46.3 Å². The Labute approximate surface area is 87.8 Å². The molecule has 0 aromatic carbocycles. The third-order valence-electron chi connectivity index (χ3n) is 2.19. The molecule has 86 valence electrons. The van der Waals surface area contributed by atoms with Crippen LogP contribution < -0.4 is 5.32 Å². The van der Waals surface area contributed by atoms with Gasteiger partial charge >= 0.3 is 0 Å². The molecule has 0 bridgehead atoms. The van der Waals surface area contributed by atoms with Gasteiger partial charge in [-0.2, -0.15) is 0 Å². The predicted octanol–water partition coefficient (Wildman–Crippen LogP) is 1.41. The van der Waals surface area contributed by atoms with E-state index in [1.807, 2.05) is 13.8 Å². The summed E-state index contributed by atoms with van der Waals surface area (Å²) in [5.74, 6) is 0.674. The van der Waals surface area contributed by atoms with Crippen molar-refractivity contribution >= 4 is 0 Å². The fraction of sp³-hybridized carbons (Fsp3) is 1.00. The Morgan fingerprint density at radius 3 is 2.36 bits per heavy atom. The molecule has 14 heavy (non-hydrogen) atoms. The van der Waals surface area contributed by atoms with Crippen LogP contribution in [0, 0.1) is 5.92 Å².